The highest BCUT2D eigenvalue weighted by molar-refractivity contribution is 7.89. The molecule has 1 aliphatic rings. The van der Waals surface area contributed by atoms with Crippen molar-refractivity contribution in [1.29, 1.82) is 0 Å². The van der Waals surface area contributed by atoms with Crippen molar-refractivity contribution in [3.8, 4) is 0 Å². The SMILES string of the molecule is CNC(=O)C1CNCCN1S(=O)(=O)CC(=O)O. The van der Waals surface area contributed by atoms with Gasteiger partial charge >= 0.3 is 5.97 Å². The second kappa shape index (κ2) is 5.43. The number of hydrogen-bond donors (Lipinski definition) is 3. The predicted molar refractivity (Wildman–Crippen MR) is 58.9 cm³/mol. The zero-order valence-corrected chi connectivity index (χ0v) is 10.2. The van der Waals surface area contributed by atoms with Crippen LogP contribution in [0.5, 0.6) is 0 Å². The number of amides is 1. The van der Waals surface area contributed by atoms with Gasteiger partial charge < -0.3 is 15.7 Å². The molecule has 8 nitrogen and oxygen atoms in total. The minimum Gasteiger partial charge on any atom is -0.480 e. The predicted octanol–water partition coefficient (Wildman–Crippen LogP) is -2.58. The van der Waals surface area contributed by atoms with Crippen LogP contribution in [0, 0.1) is 0 Å². The molecule has 1 atom stereocenters. The quantitative estimate of drug-likeness (QED) is 0.514. The summed E-state index contributed by atoms with van der Waals surface area (Å²) in [6, 6.07) is -0.891. The first-order chi connectivity index (χ1) is 7.88. The van der Waals surface area contributed by atoms with Crippen molar-refractivity contribution in [2.24, 2.45) is 0 Å². The van der Waals surface area contributed by atoms with Gasteiger partial charge in [0, 0.05) is 26.7 Å². The lowest BCUT2D eigenvalue weighted by Crippen LogP contribution is -2.59. The average Bonchev–Trinajstić information content (AvgIpc) is 2.26. The first kappa shape index (κ1) is 13.9. The summed E-state index contributed by atoms with van der Waals surface area (Å²) in [5.74, 6) is -2.88. The number of likely N-dealkylation sites (N-methyl/N-ethyl adjacent to an activating group) is 1. The summed E-state index contributed by atoms with van der Waals surface area (Å²) in [6.45, 7) is 0.665. The van der Waals surface area contributed by atoms with Gasteiger partial charge in [0.15, 0.2) is 5.75 Å². The molecule has 0 aromatic rings. The van der Waals surface area contributed by atoms with E-state index in [0.29, 0.717) is 6.54 Å². The zero-order chi connectivity index (χ0) is 13.1. The van der Waals surface area contributed by atoms with E-state index in [1.165, 1.54) is 7.05 Å². The van der Waals surface area contributed by atoms with Crippen molar-refractivity contribution in [3.05, 3.63) is 0 Å². The molecule has 1 aliphatic heterocycles. The van der Waals surface area contributed by atoms with Crippen LogP contribution in [0.15, 0.2) is 0 Å². The highest BCUT2D eigenvalue weighted by Gasteiger charge is 2.37. The van der Waals surface area contributed by atoms with Crippen LogP contribution in [-0.2, 0) is 19.6 Å². The summed E-state index contributed by atoms with van der Waals surface area (Å²) in [6.07, 6.45) is 0. The van der Waals surface area contributed by atoms with E-state index in [1.54, 1.807) is 0 Å². The van der Waals surface area contributed by atoms with Crippen molar-refractivity contribution < 1.29 is 23.1 Å². The number of rotatable bonds is 4. The molecule has 1 unspecified atom stereocenters. The van der Waals surface area contributed by atoms with Gasteiger partial charge in [-0.1, -0.05) is 0 Å². The molecule has 0 aromatic carbocycles. The number of carbonyl (C=O) groups excluding carboxylic acids is 1. The summed E-state index contributed by atoms with van der Waals surface area (Å²) in [5, 5.41) is 13.8. The fourth-order valence-electron chi connectivity index (χ4n) is 1.65. The molecule has 1 saturated heterocycles. The van der Waals surface area contributed by atoms with Gasteiger partial charge in [0.05, 0.1) is 0 Å². The molecule has 0 spiro atoms. The van der Waals surface area contributed by atoms with Crippen molar-refractivity contribution >= 4 is 21.9 Å². The lowest BCUT2D eigenvalue weighted by molar-refractivity contribution is -0.134. The molecule has 0 radical (unpaired) electrons. The van der Waals surface area contributed by atoms with Gasteiger partial charge in [-0.3, -0.25) is 9.59 Å². The maximum atomic E-state index is 11.8. The summed E-state index contributed by atoms with van der Waals surface area (Å²) >= 11 is 0. The van der Waals surface area contributed by atoms with Gasteiger partial charge in [0.1, 0.15) is 6.04 Å². The Kier molecular flexibility index (Phi) is 4.43. The van der Waals surface area contributed by atoms with Crippen LogP contribution in [0.3, 0.4) is 0 Å². The molecule has 1 amide bonds. The molecule has 1 rings (SSSR count). The number of hydrogen-bond acceptors (Lipinski definition) is 5. The number of nitrogens with zero attached hydrogens (tertiary/aromatic N) is 1. The van der Waals surface area contributed by atoms with Crippen LogP contribution in [0.25, 0.3) is 0 Å². The van der Waals surface area contributed by atoms with Crippen molar-refractivity contribution in [2.75, 3.05) is 32.4 Å². The maximum Gasteiger partial charge on any atom is 0.320 e. The number of aliphatic carboxylic acids is 1. The number of sulfonamides is 1. The first-order valence-electron chi connectivity index (χ1n) is 5.02. The Bertz CT molecular complexity index is 407. The van der Waals surface area contributed by atoms with Crippen LogP contribution < -0.4 is 10.6 Å². The third-order valence-corrected chi connectivity index (χ3v) is 4.17. The summed E-state index contributed by atoms with van der Waals surface area (Å²) in [4.78, 5) is 22.0. The van der Waals surface area contributed by atoms with E-state index in [4.69, 9.17) is 5.11 Å². The topological polar surface area (TPSA) is 116 Å². The first-order valence-corrected chi connectivity index (χ1v) is 6.63. The van der Waals surface area contributed by atoms with E-state index >= 15 is 0 Å². The number of carboxylic acids is 1. The fourth-order valence-corrected chi connectivity index (χ4v) is 3.05. The zero-order valence-electron chi connectivity index (χ0n) is 9.34. The van der Waals surface area contributed by atoms with Crippen LogP contribution in [-0.4, -0.2) is 68.2 Å². The molecule has 98 valence electrons. The Labute approximate surface area is 99.0 Å². The molecule has 9 heteroatoms. The summed E-state index contributed by atoms with van der Waals surface area (Å²) < 4.78 is 24.5. The third-order valence-electron chi connectivity index (χ3n) is 2.41. The number of piperazine rings is 1. The summed E-state index contributed by atoms with van der Waals surface area (Å²) in [5.41, 5.74) is 0. The molecule has 17 heavy (non-hydrogen) atoms. The van der Waals surface area contributed by atoms with Crippen LogP contribution in [0.2, 0.25) is 0 Å². The van der Waals surface area contributed by atoms with E-state index in [0.717, 1.165) is 4.31 Å². The Morgan fingerprint density at radius 2 is 2.18 bits per heavy atom. The fraction of sp³-hybridized carbons (Fsp3) is 0.750. The third kappa shape index (κ3) is 3.38. The van der Waals surface area contributed by atoms with Crippen molar-refractivity contribution in [3.63, 3.8) is 0 Å². The highest BCUT2D eigenvalue weighted by atomic mass is 32.2. The molecule has 0 aromatic heterocycles. The smallest absolute Gasteiger partial charge is 0.320 e. The van der Waals surface area contributed by atoms with Gasteiger partial charge in [-0.15, -0.1) is 0 Å². The normalized spacial score (nSPS) is 22.1. The molecule has 3 N–H and O–H groups in total. The minimum absolute atomic E-state index is 0.0910. The molecule has 0 saturated carbocycles. The molecule has 1 fully saturated rings. The van der Waals surface area contributed by atoms with Gasteiger partial charge in [0.25, 0.3) is 0 Å². The van der Waals surface area contributed by atoms with E-state index in [2.05, 4.69) is 10.6 Å². The Morgan fingerprint density at radius 3 is 2.71 bits per heavy atom. The van der Waals surface area contributed by atoms with Crippen LogP contribution >= 0.6 is 0 Å². The standard InChI is InChI=1S/C8H15N3O5S/c1-9-8(14)6-4-10-2-3-11(6)17(15,16)5-7(12)13/h6,10H,2-5H2,1H3,(H,9,14)(H,12,13). The Balaban J connectivity index is 2.91. The molecule has 0 aliphatic carbocycles. The number of nitrogens with one attached hydrogen (secondary N) is 2. The van der Waals surface area contributed by atoms with Gasteiger partial charge in [-0.2, -0.15) is 4.31 Å². The summed E-state index contributed by atoms with van der Waals surface area (Å²) in [7, 11) is -2.55. The van der Waals surface area contributed by atoms with Gasteiger partial charge in [-0.05, 0) is 0 Å². The minimum atomic E-state index is -3.95. The van der Waals surface area contributed by atoms with E-state index in [-0.39, 0.29) is 13.1 Å². The highest BCUT2D eigenvalue weighted by Crippen LogP contribution is 2.10. The Morgan fingerprint density at radius 1 is 1.53 bits per heavy atom. The Hall–Kier alpha value is -1.19. The van der Waals surface area contributed by atoms with E-state index in [9.17, 15) is 18.0 Å². The van der Waals surface area contributed by atoms with Crippen LogP contribution in [0.1, 0.15) is 0 Å². The van der Waals surface area contributed by atoms with Gasteiger partial charge in [0.2, 0.25) is 15.9 Å². The molecule has 1 heterocycles. The second-order valence-electron chi connectivity index (χ2n) is 3.59. The molecular formula is C8H15N3O5S. The number of carboxylic acid groups (broad SMARTS) is 1. The maximum absolute atomic E-state index is 11.8. The van der Waals surface area contributed by atoms with Crippen molar-refractivity contribution in [1.82, 2.24) is 14.9 Å². The molecule has 0 bridgehead atoms. The van der Waals surface area contributed by atoms with Gasteiger partial charge in [-0.25, -0.2) is 8.42 Å². The lowest BCUT2D eigenvalue weighted by atomic mass is 10.2. The number of carbonyl (C=O) groups is 2. The molecular weight excluding hydrogens is 250 g/mol. The monoisotopic (exact) mass is 265 g/mol. The van der Waals surface area contributed by atoms with Crippen LogP contribution in [0.4, 0.5) is 0 Å². The van der Waals surface area contributed by atoms with E-state index in [1.807, 2.05) is 0 Å². The lowest BCUT2D eigenvalue weighted by Gasteiger charge is -2.33. The second-order valence-corrected chi connectivity index (χ2v) is 5.52. The average molecular weight is 265 g/mol. The largest absolute Gasteiger partial charge is 0.480 e. The van der Waals surface area contributed by atoms with Crippen molar-refractivity contribution in [2.45, 2.75) is 6.04 Å². The van der Waals surface area contributed by atoms with E-state index < -0.39 is 33.7 Å².